The summed E-state index contributed by atoms with van der Waals surface area (Å²) in [6.07, 6.45) is -12.5. The lowest BCUT2D eigenvalue weighted by molar-refractivity contribution is -0.307. The minimum Gasteiger partial charge on any atom is -0.463 e. The fourth-order valence-electron chi connectivity index (χ4n) is 5.57. The summed E-state index contributed by atoms with van der Waals surface area (Å²) in [4.78, 5) is 95.9. The number of ether oxygens (including phenoxy) is 11. The molecule has 0 aliphatic carbocycles. The predicted molar refractivity (Wildman–Crippen MR) is 169 cm³/mol. The lowest BCUT2D eigenvalue weighted by Gasteiger charge is -2.44. The Bertz CT molecular complexity index is 1550. The van der Waals surface area contributed by atoms with E-state index in [-0.39, 0.29) is 18.7 Å². The van der Waals surface area contributed by atoms with Crippen molar-refractivity contribution in [2.75, 3.05) is 19.8 Å². The molecule has 0 bridgehead atoms. The number of nitrogens with zero attached hydrogens (tertiary/aromatic N) is 3. The molecular formula is C32H43N3O19. The van der Waals surface area contributed by atoms with Crippen molar-refractivity contribution in [1.82, 2.24) is 15.0 Å². The van der Waals surface area contributed by atoms with Crippen molar-refractivity contribution in [2.45, 2.75) is 123 Å². The van der Waals surface area contributed by atoms with Crippen molar-refractivity contribution in [3.8, 4) is 0 Å². The average molecular weight is 774 g/mol. The number of esters is 8. The standard InChI is InChI=1S/C32H43N3O19/c1-14(36)45-12-23-25(47-16(3)38)27(49-18(5)40)29(51-20(7)42)31(53-23)35-11-22(33-34-35)9-10-44-32-30(52-21(8)43)28(50-19(6)41)26(48-17(4)39)24(54-32)13-46-15(2)37/h11,23-32H,9-10,12-13H2,1-8H3/t23-,24-,25-,26-,27+,28+,29-,30+,31-,32+/m1/s1. The number of hydrogen-bond donors (Lipinski definition) is 0. The highest BCUT2D eigenvalue weighted by Crippen LogP contribution is 2.35. The molecule has 54 heavy (non-hydrogen) atoms. The van der Waals surface area contributed by atoms with Crippen molar-refractivity contribution in [3.05, 3.63) is 11.9 Å². The Hall–Kier alpha value is -5.22. The zero-order valence-corrected chi connectivity index (χ0v) is 30.8. The molecule has 10 atom stereocenters. The van der Waals surface area contributed by atoms with E-state index in [9.17, 15) is 38.4 Å². The molecule has 300 valence electrons. The van der Waals surface area contributed by atoms with Crippen molar-refractivity contribution in [3.63, 3.8) is 0 Å². The van der Waals surface area contributed by atoms with E-state index in [1.807, 2.05) is 0 Å². The molecule has 22 heteroatoms. The molecule has 0 radical (unpaired) electrons. The molecule has 3 rings (SSSR count). The van der Waals surface area contributed by atoms with Gasteiger partial charge in [0.25, 0.3) is 0 Å². The summed E-state index contributed by atoms with van der Waals surface area (Å²) in [6.45, 7) is 7.66. The Balaban J connectivity index is 1.90. The first kappa shape index (κ1) is 43.2. The van der Waals surface area contributed by atoms with E-state index in [4.69, 9.17) is 52.1 Å². The third kappa shape index (κ3) is 12.7. The summed E-state index contributed by atoms with van der Waals surface area (Å²) in [5, 5.41) is 8.16. The minimum absolute atomic E-state index is 0.0157. The topological polar surface area (TPSA) is 269 Å². The van der Waals surface area contributed by atoms with Gasteiger partial charge in [0.15, 0.2) is 49.1 Å². The summed E-state index contributed by atoms with van der Waals surface area (Å²) in [7, 11) is 0. The molecular weight excluding hydrogens is 730 g/mol. The van der Waals surface area contributed by atoms with Crippen LogP contribution in [0.1, 0.15) is 67.3 Å². The Morgan fingerprint density at radius 2 is 0.963 bits per heavy atom. The van der Waals surface area contributed by atoms with Gasteiger partial charge in [-0.25, -0.2) is 4.68 Å². The first-order valence-electron chi connectivity index (χ1n) is 16.5. The lowest BCUT2D eigenvalue weighted by atomic mass is 9.97. The van der Waals surface area contributed by atoms with Gasteiger partial charge < -0.3 is 52.1 Å². The number of carbonyl (C=O) groups excluding carboxylic acids is 8. The molecule has 2 aliphatic heterocycles. The molecule has 2 fully saturated rings. The van der Waals surface area contributed by atoms with E-state index in [0.29, 0.717) is 0 Å². The smallest absolute Gasteiger partial charge is 0.303 e. The van der Waals surface area contributed by atoms with E-state index in [0.717, 1.165) is 60.1 Å². The van der Waals surface area contributed by atoms with E-state index in [2.05, 4.69) is 10.3 Å². The van der Waals surface area contributed by atoms with Crippen LogP contribution >= 0.6 is 0 Å². The van der Waals surface area contributed by atoms with Gasteiger partial charge in [-0.3, -0.25) is 38.4 Å². The maximum Gasteiger partial charge on any atom is 0.303 e. The molecule has 0 saturated carbocycles. The summed E-state index contributed by atoms with van der Waals surface area (Å²) >= 11 is 0. The van der Waals surface area contributed by atoms with Crippen LogP contribution in [0.5, 0.6) is 0 Å². The zero-order chi connectivity index (χ0) is 40.3. The maximum atomic E-state index is 12.2. The maximum absolute atomic E-state index is 12.2. The Labute approximate surface area is 308 Å². The molecule has 0 N–H and O–H groups in total. The fraction of sp³-hybridized carbons (Fsp3) is 0.688. The highest BCUT2D eigenvalue weighted by atomic mass is 16.7. The average Bonchev–Trinajstić information content (AvgIpc) is 3.51. The van der Waals surface area contributed by atoms with Crippen molar-refractivity contribution < 1.29 is 90.5 Å². The number of carbonyl (C=O) groups is 8. The molecule has 0 aromatic carbocycles. The van der Waals surface area contributed by atoms with Crippen LogP contribution in [0.15, 0.2) is 6.20 Å². The van der Waals surface area contributed by atoms with Gasteiger partial charge in [0.05, 0.1) is 18.5 Å². The van der Waals surface area contributed by atoms with Gasteiger partial charge >= 0.3 is 47.8 Å². The highest BCUT2D eigenvalue weighted by Gasteiger charge is 2.54. The van der Waals surface area contributed by atoms with Crippen LogP contribution in [-0.2, 0) is 96.9 Å². The first-order chi connectivity index (χ1) is 25.4. The molecule has 2 saturated heterocycles. The molecule has 1 aromatic heterocycles. The second-order valence-electron chi connectivity index (χ2n) is 12.0. The lowest BCUT2D eigenvalue weighted by Crippen LogP contribution is -2.63. The number of rotatable bonds is 15. The van der Waals surface area contributed by atoms with Gasteiger partial charge in [0, 0.05) is 61.8 Å². The molecule has 2 aliphatic rings. The van der Waals surface area contributed by atoms with E-state index < -0.39 is 122 Å². The van der Waals surface area contributed by atoms with Crippen LogP contribution in [0.2, 0.25) is 0 Å². The Kier molecular flexibility index (Phi) is 15.8. The third-order valence-electron chi connectivity index (χ3n) is 7.37. The summed E-state index contributed by atoms with van der Waals surface area (Å²) in [5.74, 6) is -6.25. The van der Waals surface area contributed by atoms with Crippen molar-refractivity contribution >= 4 is 47.8 Å². The second-order valence-corrected chi connectivity index (χ2v) is 12.0. The van der Waals surface area contributed by atoms with Crippen LogP contribution in [0, 0.1) is 0 Å². The van der Waals surface area contributed by atoms with E-state index in [1.54, 1.807) is 0 Å². The molecule has 0 unspecified atom stereocenters. The van der Waals surface area contributed by atoms with Gasteiger partial charge in [-0.1, -0.05) is 5.21 Å². The molecule has 3 heterocycles. The van der Waals surface area contributed by atoms with Crippen LogP contribution < -0.4 is 0 Å². The van der Waals surface area contributed by atoms with E-state index in [1.165, 1.54) is 6.20 Å². The second kappa shape index (κ2) is 19.7. The molecule has 22 nitrogen and oxygen atoms in total. The molecule has 0 amide bonds. The Morgan fingerprint density at radius 1 is 0.556 bits per heavy atom. The van der Waals surface area contributed by atoms with E-state index >= 15 is 0 Å². The van der Waals surface area contributed by atoms with Crippen LogP contribution in [0.4, 0.5) is 0 Å². The van der Waals surface area contributed by atoms with Gasteiger partial charge in [0.2, 0.25) is 0 Å². The fourth-order valence-corrected chi connectivity index (χ4v) is 5.57. The third-order valence-corrected chi connectivity index (χ3v) is 7.37. The minimum atomic E-state index is -1.46. The zero-order valence-electron chi connectivity index (χ0n) is 30.8. The summed E-state index contributed by atoms with van der Waals surface area (Å²) in [5.41, 5.74) is 0.244. The number of aromatic nitrogens is 3. The monoisotopic (exact) mass is 773 g/mol. The van der Waals surface area contributed by atoms with Crippen LogP contribution in [0.25, 0.3) is 0 Å². The van der Waals surface area contributed by atoms with Gasteiger partial charge in [-0.2, -0.15) is 0 Å². The number of hydrogen-bond acceptors (Lipinski definition) is 21. The van der Waals surface area contributed by atoms with Gasteiger partial charge in [-0.15, -0.1) is 5.10 Å². The van der Waals surface area contributed by atoms with Crippen LogP contribution in [0.3, 0.4) is 0 Å². The largest absolute Gasteiger partial charge is 0.463 e. The molecule has 1 aromatic rings. The SMILES string of the molecule is CC(=O)OC[C@H]1O[C@H](OCCc2cn([C@@H]3O[C@H](COC(C)=O)[C@@H](OC(C)=O)[C@H](OC(C)=O)[C@H]3OC(C)=O)nn2)[C@@H](OC(C)=O)[C@@H](OC(C)=O)[C@@H]1OC(C)=O. The van der Waals surface area contributed by atoms with Crippen molar-refractivity contribution in [2.24, 2.45) is 0 Å². The van der Waals surface area contributed by atoms with Gasteiger partial charge in [0.1, 0.15) is 25.4 Å². The quantitative estimate of drug-likeness (QED) is 0.155. The normalized spacial score (nSPS) is 27.7. The predicted octanol–water partition coefficient (Wildman–Crippen LogP) is -0.824. The highest BCUT2D eigenvalue weighted by molar-refractivity contribution is 5.70. The first-order valence-corrected chi connectivity index (χ1v) is 16.5. The summed E-state index contributed by atoms with van der Waals surface area (Å²) in [6, 6.07) is 0. The van der Waals surface area contributed by atoms with Crippen LogP contribution in [-0.4, -0.2) is 138 Å². The van der Waals surface area contributed by atoms with Crippen molar-refractivity contribution in [1.29, 1.82) is 0 Å². The Morgan fingerprint density at radius 3 is 1.43 bits per heavy atom. The molecule has 0 spiro atoms. The van der Waals surface area contributed by atoms with Gasteiger partial charge in [-0.05, 0) is 0 Å². The summed E-state index contributed by atoms with van der Waals surface area (Å²) < 4.78 is 61.7.